The Morgan fingerprint density at radius 3 is 2.75 bits per heavy atom. The number of nitrogens with zero attached hydrogens (tertiary/aromatic N) is 4. The minimum absolute atomic E-state index is 0.266. The van der Waals surface area contributed by atoms with Crippen molar-refractivity contribution >= 4 is 11.5 Å². The first-order chi connectivity index (χ1) is 15.6. The van der Waals surface area contributed by atoms with Crippen molar-refractivity contribution in [3.8, 4) is 0 Å². The normalized spacial score (nSPS) is 20.2. The predicted molar refractivity (Wildman–Crippen MR) is 126 cm³/mol. The molecule has 5 heteroatoms. The van der Waals surface area contributed by atoms with Crippen LogP contribution < -0.4 is 0 Å². The molecule has 2 aromatic heterocycles. The first-order valence-corrected chi connectivity index (χ1v) is 11.3. The molecule has 3 aromatic rings. The van der Waals surface area contributed by atoms with Crippen molar-refractivity contribution < 1.29 is 4.79 Å². The number of Topliss-reactive ketones (excluding diaryl/α,β-unsaturated/α-hetero) is 1. The van der Waals surface area contributed by atoms with Crippen LogP contribution in [0.4, 0.5) is 0 Å². The fourth-order valence-corrected chi connectivity index (χ4v) is 5.11. The van der Waals surface area contributed by atoms with Gasteiger partial charge in [0.2, 0.25) is 0 Å². The molecule has 32 heavy (non-hydrogen) atoms. The number of aliphatic imine (C=N–C) groups is 1. The lowest BCUT2D eigenvalue weighted by atomic mass is 9.85. The van der Waals surface area contributed by atoms with Crippen molar-refractivity contribution in [1.82, 2.24) is 14.9 Å². The van der Waals surface area contributed by atoms with Crippen LogP contribution in [0.15, 0.2) is 65.9 Å². The fourth-order valence-electron chi connectivity index (χ4n) is 5.11. The lowest BCUT2D eigenvalue weighted by molar-refractivity contribution is -0.119. The second kappa shape index (κ2) is 8.75. The third-order valence-corrected chi connectivity index (χ3v) is 6.60. The number of fused-ring (bicyclic) bond motifs is 1. The summed E-state index contributed by atoms with van der Waals surface area (Å²) in [5.74, 6) is 1.04. The van der Waals surface area contributed by atoms with Crippen LogP contribution in [-0.4, -0.2) is 46.5 Å². The molecule has 4 heterocycles. The molecule has 0 radical (unpaired) electrons. The van der Waals surface area contributed by atoms with Gasteiger partial charge in [-0.3, -0.25) is 19.8 Å². The molecular formula is C27H28N4O. The van der Waals surface area contributed by atoms with Gasteiger partial charge in [-0.1, -0.05) is 30.3 Å². The van der Waals surface area contributed by atoms with Gasteiger partial charge in [0, 0.05) is 66.8 Å². The maximum Gasteiger partial charge on any atom is 0.139 e. The molecular weight excluding hydrogens is 396 g/mol. The molecule has 2 atom stereocenters. The highest BCUT2D eigenvalue weighted by atomic mass is 16.1. The van der Waals surface area contributed by atoms with E-state index < -0.39 is 0 Å². The van der Waals surface area contributed by atoms with E-state index in [2.05, 4.69) is 52.2 Å². The number of hydrogen-bond donors (Lipinski definition) is 0. The summed E-state index contributed by atoms with van der Waals surface area (Å²) < 4.78 is 0. The summed E-state index contributed by atoms with van der Waals surface area (Å²) in [5.41, 5.74) is 7.40. The second-order valence-corrected chi connectivity index (χ2v) is 9.10. The highest BCUT2D eigenvalue weighted by Gasteiger charge is 2.33. The summed E-state index contributed by atoms with van der Waals surface area (Å²) in [7, 11) is 2.14. The Balaban J connectivity index is 1.27. The fraction of sp³-hybridized carbons (Fsp3) is 0.333. The zero-order chi connectivity index (χ0) is 22.1. The summed E-state index contributed by atoms with van der Waals surface area (Å²) in [6, 6.07) is 16.7. The first-order valence-electron chi connectivity index (χ1n) is 11.3. The number of aromatic nitrogens is 2. The van der Waals surface area contributed by atoms with Crippen LogP contribution in [0.5, 0.6) is 0 Å². The van der Waals surface area contributed by atoms with Gasteiger partial charge in [0.1, 0.15) is 5.78 Å². The molecule has 1 aromatic carbocycles. The van der Waals surface area contributed by atoms with Crippen molar-refractivity contribution in [3.05, 3.63) is 94.6 Å². The number of likely N-dealkylation sites (tertiary alicyclic amines) is 1. The Labute approximate surface area is 189 Å². The molecule has 1 fully saturated rings. The van der Waals surface area contributed by atoms with Crippen molar-refractivity contribution in [1.29, 1.82) is 0 Å². The molecule has 1 saturated heterocycles. The summed E-state index contributed by atoms with van der Waals surface area (Å²) in [5, 5.41) is 0. The summed E-state index contributed by atoms with van der Waals surface area (Å²) >= 11 is 0. The molecule has 0 unspecified atom stereocenters. The Morgan fingerprint density at radius 2 is 1.94 bits per heavy atom. The minimum atomic E-state index is 0.266. The van der Waals surface area contributed by atoms with Crippen LogP contribution in [0.3, 0.4) is 0 Å². The van der Waals surface area contributed by atoms with Gasteiger partial charge in [-0.25, -0.2) is 0 Å². The van der Waals surface area contributed by atoms with Crippen molar-refractivity contribution in [2.24, 2.45) is 10.9 Å². The van der Waals surface area contributed by atoms with E-state index >= 15 is 0 Å². The Bertz CT molecular complexity index is 1170. The van der Waals surface area contributed by atoms with Gasteiger partial charge in [-0.05, 0) is 49.2 Å². The van der Waals surface area contributed by atoms with E-state index in [1.54, 1.807) is 0 Å². The molecule has 0 spiro atoms. The van der Waals surface area contributed by atoms with E-state index in [0.717, 1.165) is 46.9 Å². The molecule has 5 nitrogen and oxygen atoms in total. The smallest absolute Gasteiger partial charge is 0.139 e. The SMILES string of the molecule is Cc1cc(C2=NCc3cc(CC(=O)C[C@H]4CN(C)C[C@@H]4c4ccccc4)ncc32)ccn1. The highest BCUT2D eigenvalue weighted by Crippen LogP contribution is 2.34. The van der Waals surface area contributed by atoms with Crippen LogP contribution in [0.2, 0.25) is 0 Å². The van der Waals surface area contributed by atoms with E-state index in [1.807, 2.05) is 37.5 Å². The van der Waals surface area contributed by atoms with Gasteiger partial charge in [-0.15, -0.1) is 0 Å². The van der Waals surface area contributed by atoms with E-state index in [4.69, 9.17) is 4.99 Å². The van der Waals surface area contributed by atoms with Crippen LogP contribution in [0.25, 0.3) is 0 Å². The van der Waals surface area contributed by atoms with Crippen LogP contribution in [-0.2, 0) is 17.8 Å². The Kier molecular flexibility index (Phi) is 5.66. The number of carbonyl (C=O) groups is 1. The third-order valence-electron chi connectivity index (χ3n) is 6.60. The van der Waals surface area contributed by atoms with E-state index in [1.165, 1.54) is 5.56 Å². The highest BCUT2D eigenvalue weighted by molar-refractivity contribution is 6.15. The number of benzene rings is 1. The van der Waals surface area contributed by atoms with Crippen LogP contribution in [0, 0.1) is 12.8 Å². The first kappa shape index (κ1) is 20.7. The lowest BCUT2D eigenvalue weighted by Crippen LogP contribution is -2.18. The topological polar surface area (TPSA) is 58.5 Å². The summed E-state index contributed by atoms with van der Waals surface area (Å²) in [6.07, 6.45) is 4.68. The molecule has 162 valence electrons. The molecule has 2 aliphatic heterocycles. The zero-order valence-electron chi connectivity index (χ0n) is 18.7. The molecule has 5 rings (SSSR count). The monoisotopic (exact) mass is 424 g/mol. The summed E-state index contributed by atoms with van der Waals surface area (Å²) in [6.45, 7) is 4.59. The Hall–Kier alpha value is -3.18. The van der Waals surface area contributed by atoms with Crippen LogP contribution >= 0.6 is 0 Å². The zero-order valence-corrected chi connectivity index (χ0v) is 18.7. The van der Waals surface area contributed by atoms with Gasteiger partial charge in [0.15, 0.2) is 0 Å². The minimum Gasteiger partial charge on any atom is -0.305 e. The van der Waals surface area contributed by atoms with E-state index in [9.17, 15) is 4.79 Å². The molecule has 2 aliphatic rings. The van der Waals surface area contributed by atoms with Gasteiger partial charge in [0.05, 0.1) is 12.3 Å². The number of aryl methyl sites for hydroxylation is 1. The number of rotatable bonds is 6. The molecule has 0 bridgehead atoms. The second-order valence-electron chi connectivity index (χ2n) is 9.10. The van der Waals surface area contributed by atoms with Gasteiger partial charge in [0.25, 0.3) is 0 Å². The third kappa shape index (κ3) is 4.26. The standard InChI is InChI=1S/C27H28N4O/c1-18-10-20(8-9-28-18)27-25-15-29-23(11-21(25)14-30-27)13-24(32)12-22-16-31(2)17-26(22)19-6-4-3-5-7-19/h3-11,15,22,26H,12-14,16-17H2,1-2H3/t22-,26+/m0/s1. The maximum atomic E-state index is 13.0. The van der Waals surface area contributed by atoms with Crippen molar-refractivity contribution in [2.45, 2.75) is 32.2 Å². The molecule has 0 aliphatic carbocycles. The van der Waals surface area contributed by atoms with Crippen molar-refractivity contribution in [2.75, 3.05) is 20.1 Å². The molecule has 0 saturated carbocycles. The van der Waals surface area contributed by atoms with E-state index in [-0.39, 0.29) is 5.78 Å². The van der Waals surface area contributed by atoms with Gasteiger partial charge >= 0.3 is 0 Å². The number of ketones is 1. The number of hydrogen-bond acceptors (Lipinski definition) is 5. The summed E-state index contributed by atoms with van der Waals surface area (Å²) in [4.78, 5) is 28.9. The number of likely N-dealkylation sites (N-methyl/N-ethyl adjacent to an activating group) is 1. The van der Waals surface area contributed by atoms with Gasteiger partial charge < -0.3 is 4.90 Å². The largest absolute Gasteiger partial charge is 0.305 e. The van der Waals surface area contributed by atoms with Gasteiger partial charge in [-0.2, -0.15) is 0 Å². The number of carbonyl (C=O) groups excluding carboxylic acids is 1. The Morgan fingerprint density at radius 1 is 1.09 bits per heavy atom. The molecule has 0 amide bonds. The quantitative estimate of drug-likeness (QED) is 0.601. The van der Waals surface area contributed by atoms with E-state index in [0.29, 0.717) is 31.2 Å². The average molecular weight is 425 g/mol. The predicted octanol–water partition coefficient (Wildman–Crippen LogP) is 3.98. The average Bonchev–Trinajstić information content (AvgIpc) is 3.37. The maximum absolute atomic E-state index is 13.0. The lowest BCUT2D eigenvalue weighted by Gasteiger charge is -2.18. The van der Waals surface area contributed by atoms with Crippen molar-refractivity contribution in [3.63, 3.8) is 0 Å². The molecule has 0 N–H and O–H groups in total. The number of pyridine rings is 2. The van der Waals surface area contributed by atoms with Crippen LogP contribution in [0.1, 0.15) is 46.0 Å².